The molecule has 2 heteroatoms. The van der Waals surface area contributed by atoms with Crippen LogP contribution in [0.1, 0.15) is 37.6 Å². The Morgan fingerprint density at radius 1 is 1.33 bits per heavy atom. The summed E-state index contributed by atoms with van der Waals surface area (Å²) in [6.07, 6.45) is 7.36. The van der Waals surface area contributed by atoms with Crippen molar-refractivity contribution >= 4 is 0 Å². The van der Waals surface area contributed by atoms with Crippen molar-refractivity contribution in [3.8, 4) is 0 Å². The van der Waals surface area contributed by atoms with Gasteiger partial charge in [0.2, 0.25) is 0 Å². The normalized spacial score (nSPS) is 19.2. The van der Waals surface area contributed by atoms with E-state index in [-0.39, 0.29) is 0 Å². The summed E-state index contributed by atoms with van der Waals surface area (Å²) in [4.78, 5) is 8.69. The number of hydrogen-bond donors (Lipinski definition) is 0. The van der Waals surface area contributed by atoms with Crippen LogP contribution in [-0.2, 0) is 5.41 Å². The molecule has 0 N–H and O–H groups in total. The predicted octanol–water partition coefficient (Wildman–Crippen LogP) is 2.23. The van der Waals surface area contributed by atoms with E-state index < -0.39 is 0 Å². The first-order valence-corrected chi connectivity index (χ1v) is 4.56. The summed E-state index contributed by atoms with van der Waals surface area (Å²) in [5.41, 5.74) is 2.74. The Kier molecular flexibility index (Phi) is 1.63. The molecule has 0 amide bonds. The second kappa shape index (κ2) is 2.54. The molecule has 2 rings (SSSR count). The summed E-state index contributed by atoms with van der Waals surface area (Å²) in [7, 11) is 0. The molecule has 12 heavy (non-hydrogen) atoms. The van der Waals surface area contributed by atoms with E-state index in [1.165, 1.54) is 25.0 Å². The Labute approximate surface area is 73.1 Å². The number of aromatic nitrogens is 2. The van der Waals surface area contributed by atoms with Gasteiger partial charge < -0.3 is 0 Å². The first kappa shape index (κ1) is 7.71. The highest BCUT2D eigenvalue weighted by molar-refractivity contribution is 5.27. The summed E-state index contributed by atoms with van der Waals surface area (Å²) >= 11 is 0. The second-order valence-electron chi connectivity index (χ2n) is 3.62. The minimum Gasteiger partial charge on any atom is -0.258 e. The van der Waals surface area contributed by atoms with Crippen LogP contribution < -0.4 is 0 Å². The average molecular weight is 162 g/mol. The minimum absolute atomic E-state index is 0.401. The zero-order valence-electron chi connectivity index (χ0n) is 7.67. The van der Waals surface area contributed by atoms with Crippen molar-refractivity contribution in [2.45, 2.75) is 38.5 Å². The predicted molar refractivity (Wildman–Crippen MR) is 48.0 cm³/mol. The Bertz CT molecular complexity index is 290. The van der Waals surface area contributed by atoms with Gasteiger partial charge in [-0.15, -0.1) is 0 Å². The maximum atomic E-state index is 4.42. The molecule has 1 aliphatic carbocycles. The maximum absolute atomic E-state index is 4.42. The molecule has 1 aliphatic rings. The lowest BCUT2D eigenvalue weighted by Gasteiger charge is -2.12. The van der Waals surface area contributed by atoms with Gasteiger partial charge in [0.1, 0.15) is 0 Å². The molecule has 1 saturated carbocycles. The van der Waals surface area contributed by atoms with Crippen LogP contribution in [0.4, 0.5) is 0 Å². The van der Waals surface area contributed by atoms with Crippen molar-refractivity contribution in [3.63, 3.8) is 0 Å². The summed E-state index contributed by atoms with van der Waals surface area (Å²) in [6, 6.07) is 0. The highest BCUT2D eigenvalue weighted by Crippen LogP contribution is 2.50. The van der Waals surface area contributed by atoms with Crippen LogP contribution in [0.15, 0.2) is 12.4 Å². The smallest absolute Gasteiger partial charge is 0.0677 e. The molecule has 1 heterocycles. The number of hydrogen-bond acceptors (Lipinski definition) is 2. The lowest BCUT2D eigenvalue weighted by molar-refractivity contribution is 0.629. The highest BCUT2D eigenvalue weighted by Gasteiger charge is 2.44. The molecule has 0 bridgehead atoms. The van der Waals surface area contributed by atoms with Gasteiger partial charge in [-0.1, -0.05) is 6.92 Å². The summed E-state index contributed by atoms with van der Waals surface area (Å²) in [6.45, 7) is 4.29. The third-order valence-corrected chi connectivity index (χ3v) is 2.91. The maximum Gasteiger partial charge on any atom is 0.0677 e. The van der Waals surface area contributed by atoms with Crippen molar-refractivity contribution in [1.82, 2.24) is 9.97 Å². The van der Waals surface area contributed by atoms with Gasteiger partial charge in [0.25, 0.3) is 0 Å². The fourth-order valence-electron chi connectivity index (χ4n) is 1.84. The van der Waals surface area contributed by atoms with Gasteiger partial charge in [-0.05, 0) is 26.2 Å². The van der Waals surface area contributed by atoms with E-state index in [9.17, 15) is 0 Å². The molecule has 1 fully saturated rings. The lowest BCUT2D eigenvalue weighted by atomic mass is 9.97. The molecule has 2 nitrogen and oxygen atoms in total. The highest BCUT2D eigenvalue weighted by atomic mass is 14.8. The Morgan fingerprint density at radius 2 is 2.00 bits per heavy atom. The zero-order chi connectivity index (χ0) is 8.60. The van der Waals surface area contributed by atoms with E-state index in [1.54, 1.807) is 12.4 Å². The summed E-state index contributed by atoms with van der Waals surface area (Å²) in [5.74, 6) is 0. The Morgan fingerprint density at radius 3 is 2.50 bits per heavy atom. The largest absolute Gasteiger partial charge is 0.258 e. The van der Waals surface area contributed by atoms with Crippen molar-refractivity contribution in [3.05, 3.63) is 23.8 Å². The monoisotopic (exact) mass is 162 g/mol. The molecule has 0 aliphatic heterocycles. The number of nitrogens with zero attached hydrogens (tertiary/aromatic N) is 2. The van der Waals surface area contributed by atoms with Crippen LogP contribution in [-0.4, -0.2) is 9.97 Å². The van der Waals surface area contributed by atoms with Gasteiger partial charge >= 0.3 is 0 Å². The first-order valence-electron chi connectivity index (χ1n) is 4.56. The van der Waals surface area contributed by atoms with Gasteiger partial charge in [0.15, 0.2) is 0 Å². The van der Waals surface area contributed by atoms with E-state index in [0.717, 1.165) is 5.69 Å². The van der Waals surface area contributed by atoms with Gasteiger partial charge in [0, 0.05) is 17.8 Å². The molecule has 64 valence electrons. The van der Waals surface area contributed by atoms with Crippen LogP contribution in [0.5, 0.6) is 0 Å². The lowest BCUT2D eigenvalue weighted by Crippen LogP contribution is -2.10. The minimum atomic E-state index is 0.401. The van der Waals surface area contributed by atoms with E-state index in [2.05, 4.69) is 23.8 Å². The van der Waals surface area contributed by atoms with E-state index in [4.69, 9.17) is 0 Å². The SMILES string of the molecule is CCC1(c2nccnc2C)CC1. The molecule has 0 radical (unpaired) electrons. The Hall–Kier alpha value is -0.920. The molecule has 0 atom stereocenters. The van der Waals surface area contributed by atoms with Crippen molar-refractivity contribution in [2.24, 2.45) is 0 Å². The molecule has 0 unspecified atom stereocenters. The zero-order valence-corrected chi connectivity index (χ0v) is 7.67. The van der Waals surface area contributed by atoms with Gasteiger partial charge in [-0.25, -0.2) is 0 Å². The van der Waals surface area contributed by atoms with Gasteiger partial charge in [-0.2, -0.15) is 0 Å². The van der Waals surface area contributed by atoms with Crippen LogP contribution in [0.2, 0.25) is 0 Å². The van der Waals surface area contributed by atoms with Crippen LogP contribution in [0.25, 0.3) is 0 Å². The Balaban J connectivity index is 2.40. The topological polar surface area (TPSA) is 25.8 Å². The third kappa shape index (κ3) is 1.02. The molecule has 1 aromatic rings. The standard InChI is InChI=1S/C10H14N2/c1-3-10(4-5-10)9-8(2)11-6-7-12-9/h6-7H,3-5H2,1-2H3. The van der Waals surface area contributed by atoms with Crippen molar-refractivity contribution < 1.29 is 0 Å². The molecule has 0 spiro atoms. The molecular formula is C10H14N2. The molecule has 0 saturated heterocycles. The quantitative estimate of drug-likeness (QED) is 0.666. The van der Waals surface area contributed by atoms with Crippen molar-refractivity contribution in [1.29, 1.82) is 0 Å². The van der Waals surface area contributed by atoms with E-state index in [1.807, 2.05) is 0 Å². The molecule has 0 aromatic carbocycles. The van der Waals surface area contributed by atoms with Crippen LogP contribution in [0, 0.1) is 6.92 Å². The molecule has 1 aromatic heterocycles. The second-order valence-corrected chi connectivity index (χ2v) is 3.62. The molecular weight excluding hydrogens is 148 g/mol. The first-order chi connectivity index (χ1) is 5.78. The fraction of sp³-hybridized carbons (Fsp3) is 0.600. The summed E-state index contributed by atoms with van der Waals surface area (Å²) < 4.78 is 0. The third-order valence-electron chi connectivity index (χ3n) is 2.91. The number of aryl methyl sites for hydroxylation is 1. The van der Waals surface area contributed by atoms with Gasteiger partial charge in [-0.3, -0.25) is 9.97 Å². The van der Waals surface area contributed by atoms with E-state index >= 15 is 0 Å². The van der Waals surface area contributed by atoms with E-state index in [0.29, 0.717) is 5.41 Å². The van der Waals surface area contributed by atoms with Crippen LogP contribution >= 0.6 is 0 Å². The van der Waals surface area contributed by atoms with Crippen LogP contribution in [0.3, 0.4) is 0 Å². The van der Waals surface area contributed by atoms with Crippen molar-refractivity contribution in [2.75, 3.05) is 0 Å². The summed E-state index contributed by atoms with van der Waals surface area (Å²) in [5, 5.41) is 0. The van der Waals surface area contributed by atoms with Gasteiger partial charge in [0.05, 0.1) is 11.4 Å². The average Bonchev–Trinajstić information content (AvgIpc) is 2.86. The fourth-order valence-corrected chi connectivity index (χ4v) is 1.84. The number of rotatable bonds is 2.